The second-order valence-corrected chi connectivity index (χ2v) is 10.4. The van der Waals surface area contributed by atoms with Crippen molar-refractivity contribution in [2.45, 2.75) is 26.8 Å². The SMILES string of the molecule is Cc1cc(C)cc(OCCCn2cc(/C=C3\C(=N)N4N=C(c5cccnc5)SC4=NC3=O)c3ccccc32)c1. The topological polar surface area (TPSA) is 95.9 Å². The Hall–Kier alpha value is -4.50. The normalized spacial score (nSPS) is 16.1. The van der Waals surface area contributed by atoms with Crippen LogP contribution < -0.4 is 4.74 Å². The van der Waals surface area contributed by atoms with Crippen molar-refractivity contribution in [1.82, 2.24) is 14.6 Å². The molecule has 2 aliphatic heterocycles. The van der Waals surface area contributed by atoms with Gasteiger partial charge in [-0.3, -0.25) is 15.2 Å². The number of ether oxygens (including phenoxy) is 1. The van der Waals surface area contributed by atoms with Crippen LogP contribution in [0.1, 0.15) is 28.7 Å². The molecule has 1 amide bonds. The Kier molecular flexibility index (Phi) is 6.58. The molecule has 0 unspecified atom stereocenters. The van der Waals surface area contributed by atoms with E-state index >= 15 is 0 Å². The first-order valence-corrected chi connectivity index (χ1v) is 13.5. The van der Waals surface area contributed by atoms with Gasteiger partial charge < -0.3 is 9.30 Å². The second-order valence-electron chi connectivity index (χ2n) is 9.49. The minimum absolute atomic E-state index is 0.00932. The lowest BCUT2D eigenvalue weighted by molar-refractivity contribution is -0.114. The lowest BCUT2D eigenvalue weighted by Crippen LogP contribution is -2.35. The molecule has 0 atom stereocenters. The van der Waals surface area contributed by atoms with Crippen molar-refractivity contribution in [3.8, 4) is 5.75 Å². The van der Waals surface area contributed by atoms with Crippen molar-refractivity contribution in [3.63, 3.8) is 0 Å². The molecule has 0 spiro atoms. The van der Waals surface area contributed by atoms with Gasteiger partial charge in [-0.25, -0.2) is 0 Å². The molecule has 1 N–H and O–H groups in total. The van der Waals surface area contributed by atoms with E-state index in [1.807, 2.05) is 36.5 Å². The summed E-state index contributed by atoms with van der Waals surface area (Å²) in [5, 5.41) is 16.8. The van der Waals surface area contributed by atoms with Crippen molar-refractivity contribution in [2.24, 2.45) is 10.1 Å². The summed E-state index contributed by atoms with van der Waals surface area (Å²) >= 11 is 1.26. The number of aromatic nitrogens is 2. The van der Waals surface area contributed by atoms with E-state index in [-0.39, 0.29) is 11.4 Å². The molecule has 39 heavy (non-hydrogen) atoms. The number of nitrogens with one attached hydrogen (secondary N) is 1. The molecule has 4 aromatic rings. The highest BCUT2D eigenvalue weighted by Gasteiger charge is 2.36. The Morgan fingerprint density at radius 2 is 1.90 bits per heavy atom. The Morgan fingerprint density at radius 3 is 2.69 bits per heavy atom. The monoisotopic (exact) mass is 534 g/mol. The molecule has 0 aliphatic carbocycles. The number of para-hydroxylation sites is 1. The molecule has 2 aromatic carbocycles. The maximum Gasteiger partial charge on any atom is 0.283 e. The van der Waals surface area contributed by atoms with Crippen molar-refractivity contribution in [1.29, 1.82) is 5.41 Å². The predicted octanol–water partition coefficient (Wildman–Crippen LogP) is 5.79. The highest BCUT2D eigenvalue weighted by atomic mass is 32.2. The molecule has 194 valence electrons. The molecular weight excluding hydrogens is 508 g/mol. The van der Waals surface area contributed by atoms with Gasteiger partial charge in [0.15, 0.2) is 5.84 Å². The van der Waals surface area contributed by atoms with Gasteiger partial charge in [-0.15, -0.1) is 0 Å². The molecule has 0 fully saturated rings. The Labute approximate surface area is 230 Å². The standard InChI is InChI=1S/C30H26N6O2S/c1-19-13-20(2)15-23(14-19)38-12-6-11-35-18-22(24-8-3-4-9-26(24)35)16-25-27(31)36-30(33-28(25)37)39-29(34-36)21-7-5-10-32-17-21/h3-5,7-10,13-18,31H,6,11-12H2,1-2H3/b25-16+,31-27?. The third-order valence-corrected chi connectivity index (χ3v) is 7.45. The largest absolute Gasteiger partial charge is 0.494 e. The summed E-state index contributed by atoms with van der Waals surface area (Å²) in [6.45, 7) is 5.48. The molecule has 2 aliphatic rings. The minimum atomic E-state index is -0.444. The molecule has 6 rings (SSSR count). The number of nitrogens with zero attached hydrogens (tertiary/aromatic N) is 5. The average Bonchev–Trinajstić information content (AvgIpc) is 3.51. The van der Waals surface area contributed by atoms with E-state index in [1.165, 1.54) is 27.9 Å². The smallest absolute Gasteiger partial charge is 0.283 e. The summed E-state index contributed by atoms with van der Waals surface area (Å²) in [6.07, 6.45) is 7.99. The third kappa shape index (κ3) is 5.00. The lowest BCUT2D eigenvalue weighted by Gasteiger charge is -2.20. The van der Waals surface area contributed by atoms with Crippen molar-refractivity contribution in [3.05, 3.63) is 101 Å². The number of hydrogen-bond acceptors (Lipinski definition) is 6. The molecule has 4 heterocycles. The number of rotatable bonds is 7. The van der Waals surface area contributed by atoms with Gasteiger partial charge in [0.1, 0.15) is 10.8 Å². The van der Waals surface area contributed by atoms with Crippen LogP contribution in [0.15, 0.2) is 88.9 Å². The maximum atomic E-state index is 13.0. The number of aryl methyl sites for hydroxylation is 3. The van der Waals surface area contributed by atoms with E-state index in [4.69, 9.17) is 10.1 Å². The first-order valence-electron chi connectivity index (χ1n) is 12.7. The number of aliphatic imine (C=N–C) groups is 1. The number of amidine groups is 2. The summed E-state index contributed by atoms with van der Waals surface area (Å²) in [7, 11) is 0. The molecule has 9 heteroatoms. The van der Waals surface area contributed by atoms with Gasteiger partial charge in [-0.05, 0) is 79.6 Å². The first kappa shape index (κ1) is 24.8. The molecule has 2 aromatic heterocycles. The predicted molar refractivity (Wildman–Crippen MR) is 156 cm³/mol. The maximum absolute atomic E-state index is 13.0. The summed E-state index contributed by atoms with van der Waals surface area (Å²) < 4.78 is 8.17. The van der Waals surface area contributed by atoms with Gasteiger partial charge in [0, 0.05) is 47.2 Å². The first-order chi connectivity index (χ1) is 19.0. The molecule has 8 nitrogen and oxygen atoms in total. The van der Waals surface area contributed by atoms with E-state index in [9.17, 15) is 4.79 Å². The second kappa shape index (κ2) is 10.3. The molecule has 0 radical (unpaired) electrons. The van der Waals surface area contributed by atoms with Crippen LogP contribution in [0.3, 0.4) is 0 Å². The average molecular weight is 535 g/mol. The Morgan fingerprint density at radius 1 is 1.08 bits per heavy atom. The number of carbonyl (C=O) groups is 1. The molecule has 0 saturated heterocycles. The van der Waals surface area contributed by atoms with Gasteiger partial charge in [0.05, 0.1) is 12.2 Å². The van der Waals surface area contributed by atoms with Gasteiger partial charge in [-0.1, -0.05) is 24.3 Å². The van der Waals surface area contributed by atoms with Crippen LogP contribution in [0.2, 0.25) is 0 Å². The van der Waals surface area contributed by atoms with Crippen LogP contribution in [-0.4, -0.2) is 43.1 Å². The number of benzene rings is 2. The summed E-state index contributed by atoms with van der Waals surface area (Å²) in [5.41, 5.74) is 5.31. The van der Waals surface area contributed by atoms with Crippen LogP contribution in [0.4, 0.5) is 0 Å². The number of amides is 1. The summed E-state index contributed by atoms with van der Waals surface area (Å²) in [4.78, 5) is 21.4. The number of hydrogen-bond donors (Lipinski definition) is 1. The van der Waals surface area contributed by atoms with E-state index in [0.29, 0.717) is 16.8 Å². The van der Waals surface area contributed by atoms with Crippen molar-refractivity contribution >= 4 is 50.7 Å². The zero-order valence-corrected chi connectivity index (χ0v) is 22.4. The number of hydrazone groups is 1. The Bertz CT molecular complexity index is 1680. The summed E-state index contributed by atoms with van der Waals surface area (Å²) in [6, 6.07) is 18.0. The van der Waals surface area contributed by atoms with E-state index in [2.05, 4.69) is 57.8 Å². The van der Waals surface area contributed by atoms with Crippen molar-refractivity contribution < 1.29 is 9.53 Å². The fourth-order valence-corrected chi connectivity index (χ4v) is 5.65. The van der Waals surface area contributed by atoms with Gasteiger partial charge in [0.25, 0.3) is 5.91 Å². The van der Waals surface area contributed by atoms with E-state index in [1.54, 1.807) is 18.5 Å². The number of thioether (sulfide) groups is 1. The van der Waals surface area contributed by atoms with Crippen LogP contribution in [0.25, 0.3) is 17.0 Å². The molecule has 0 bridgehead atoms. The fraction of sp³-hybridized carbons (Fsp3) is 0.167. The van der Waals surface area contributed by atoms with Crippen LogP contribution >= 0.6 is 11.8 Å². The quantitative estimate of drug-likeness (QED) is 0.239. The zero-order chi connectivity index (χ0) is 26.9. The van der Waals surface area contributed by atoms with Crippen LogP contribution in [-0.2, 0) is 11.3 Å². The zero-order valence-electron chi connectivity index (χ0n) is 21.6. The van der Waals surface area contributed by atoms with E-state index < -0.39 is 5.91 Å². The minimum Gasteiger partial charge on any atom is -0.494 e. The number of pyridine rings is 1. The number of carbonyl (C=O) groups excluding carboxylic acids is 1. The highest BCUT2D eigenvalue weighted by Crippen LogP contribution is 2.32. The van der Waals surface area contributed by atoms with Crippen LogP contribution in [0.5, 0.6) is 5.75 Å². The van der Waals surface area contributed by atoms with Gasteiger partial charge >= 0.3 is 0 Å². The van der Waals surface area contributed by atoms with Crippen LogP contribution in [0, 0.1) is 19.3 Å². The van der Waals surface area contributed by atoms with E-state index in [0.717, 1.165) is 40.7 Å². The third-order valence-electron chi connectivity index (χ3n) is 6.49. The van der Waals surface area contributed by atoms with Crippen molar-refractivity contribution in [2.75, 3.05) is 6.61 Å². The van der Waals surface area contributed by atoms with Gasteiger partial charge in [-0.2, -0.15) is 15.1 Å². The summed E-state index contributed by atoms with van der Waals surface area (Å²) in [5.74, 6) is 0.453. The van der Waals surface area contributed by atoms with Gasteiger partial charge in [0.2, 0.25) is 5.17 Å². The highest BCUT2D eigenvalue weighted by molar-refractivity contribution is 8.27. The Balaban J connectivity index is 1.23. The lowest BCUT2D eigenvalue weighted by atomic mass is 10.1. The fourth-order valence-electron chi connectivity index (χ4n) is 4.77. The molecular formula is C30H26N6O2S. The molecule has 0 saturated carbocycles. The number of fused-ring (bicyclic) bond motifs is 2.